The number of carbonyl (C=O) groups excluding carboxylic acids is 1. The Morgan fingerprint density at radius 1 is 1.60 bits per heavy atom. The Labute approximate surface area is 89.5 Å². The molecule has 6 heteroatoms. The third-order valence-electron chi connectivity index (χ3n) is 1.26. The second kappa shape index (κ2) is 4.93. The summed E-state index contributed by atoms with van der Waals surface area (Å²) in [6.45, 7) is 0. The monoisotopic (exact) mass is 222 g/mol. The molecule has 0 aliphatic heterocycles. The number of rotatable bonds is 3. The van der Waals surface area contributed by atoms with Gasteiger partial charge in [-0.15, -0.1) is 6.42 Å². The van der Waals surface area contributed by atoms with Crippen LogP contribution in [-0.2, 0) is 9.59 Å². The van der Waals surface area contributed by atoms with E-state index in [2.05, 4.69) is 16.2 Å². The van der Waals surface area contributed by atoms with Gasteiger partial charge in [-0.3, -0.25) is 10.1 Å². The van der Waals surface area contributed by atoms with E-state index in [1.54, 1.807) is 0 Å². The number of hydrogen-bond donors (Lipinski definition) is 2. The summed E-state index contributed by atoms with van der Waals surface area (Å²) in [6, 6.07) is 0. The Kier molecular flexibility index (Phi) is 3.60. The molecule has 76 valence electrons. The first-order chi connectivity index (χ1) is 7.11. The number of thiazole rings is 1. The molecule has 0 unspecified atom stereocenters. The fraction of sp³-hybridized carbons (Fsp3) is 0. The minimum Gasteiger partial charge on any atom is -0.478 e. The van der Waals surface area contributed by atoms with Crippen molar-refractivity contribution in [3.8, 4) is 12.3 Å². The molecule has 1 rings (SSSR count). The minimum absolute atomic E-state index is 0.336. The van der Waals surface area contributed by atoms with E-state index in [0.717, 1.165) is 23.5 Å². The van der Waals surface area contributed by atoms with Gasteiger partial charge in [-0.2, -0.15) is 0 Å². The summed E-state index contributed by atoms with van der Waals surface area (Å²) in [5.41, 5.74) is 0. The van der Waals surface area contributed by atoms with Crippen LogP contribution in [0.5, 0.6) is 0 Å². The molecule has 1 aromatic heterocycles. The molecule has 0 saturated carbocycles. The second-order valence-corrected chi connectivity index (χ2v) is 3.37. The lowest BCUT2D eigenvalue weighted by Gasteiger charge is -1.93. The van der Waals surface area contributed by atoms with E-state index in [1.165, 1.54) is 6.20 Å². The fourth-order valence-electron chi connectivity index (χ4n) is 0.693. The van der Waals surface area contributed by atoms with Gasteiger partial charge < -0.3 is 5.11 Å². The summed E-state index contributed by atoms with van der Waals surface area (Å²) in [4.78, 5) is 25.6. The van der Waals surface area contributed by atoms with E-state index in [1.807, 2.05) is 0 Å². The summed E-state index contributed by atoms with van der Waals surface area (Å²) in [7, 11) is 0. The van der Waals surface area contributed by atoms with Gasteiger partial charge in [-0.1, -0.05) is 17.3 Å². The van der Waals surface area contributed by atoms with E-state index >= 15 is 0 Å². The zero-order valence-corrected chi connectivity index (χ0v) is 8.25. The zero-order valence-electron chi connectivity index (χ0n) is 7.43. The molecule has 0 aliphatic rings. The van der Waals surface area contributed by atoms with Crippen molar-refractivity contribution in [1.29, 1.82) is 0 Å². The SMILES string of the molecule is C#Cc1cnc(NC(=O)C=CC(=O)O)s1. The van der Waals surface area contributed by atoms with Crippen molar-refractivity contribution in [3.05, 3.63) is 23.2 Å². The predicted molar refractivity (Wildman–Crippen MR) is 55.5 cm³/mol. The number of anilines is 1. The average molecular weight is 222 g/mol. The van der Waals surface area contributed by atoms with Crippen LogP contribution in [0.15, 0.2) is 18.3 Å². The van der Waals surface area contributed by atoms with Crippen LogP contribution >= 0.6 is 11.3 Å². The van der Waals surface area contributed by atoms with Gasteiger partial charge >= 0.3 is 5.97 Å². The molecule has 0 atom stereocenters. The second-order valence-electron chi connectivity index (χ2n) is 2.33. The number of aromatic nitrogens is 1. The van der Waals surface area contributed by atoms with Crippen LogP contribution in [0.25, 0.3) is 0 Å². The van der Waals surface area contributed by atoms with Gasteiger partial charge in [0.2, 0.25) is 5.91 Å². The lowest BCUT2D eigenvalue weighted by molar-refractivity contribution is -0.131. The summed E-state index contributed by atoms with van der Waals surface area (Å²) < 4.78 is 0. The molecule has 0 aromatic carbocycles. The molecule has 1 heterocycles. The van der Waals surface area contributed by atoms with Crippen molar-refractivity contribution in [2.45, 2.75) is 0 Å². The maximum atomic E-state index is 11.1. The molecule has 1 amide bonds. The van der Waals surface area contributed by atoms with Crippen LogP contribution in [0.4, 0.5) is 5.13 Å². The van der Waals surface area contributed by atoms with Gasteiger partial charge in [-0.25, -0.2) is 9.78 Å². The number of carbonyl (C=O) groups is 2. The van der Waals surface area contributed by atoms with E-state index < -0.39 is 11.9 Å². The number of nitrogens with one attached hydrogen (secondary N) is 1. The smallest absolute Gasteiger partial charge is 0.328 e. The first-order valence-corrected chi connectivity index (χ1v) is 4.58. The van der Waals surface area contributed by atoms with E-state index in [0.29, 0.717) is 10.0 Å². The van der Waals surface area contributed by atoms with E-state index in [-0.39, 0.29) is 0 Å². The molecule has 0 radical (unpaired) electrons. The van der Waals surface area contributed by atoms with Crippen LogP contribution in [0.1, 0.15) is 4.88 Å². The van der Waals surface area contributed by atoms with E-state index in [9.17, 15) is 9.59 Å². The first kappa shape index (κ1) is 10.9. The summed E-state index contributed by atoms with van der Waals surface area (Å²) in [5, 5.41) is 11.0. The Balaban J connectivity index is 2.59. The van der Waals surface area contributed by atoms with Gasteiger partial charge in [0, 0.05) is 12.2 Å². The normalized spacial score (nSPS) is 9.80. The van der Waals surface area contributed by atoms with Gasteiger partial charge in [0.05, 0.1) is 11.1 Å². The number of carboxylic acid groups (broad SMARTS) is 1. The molecule has 1 aromatic rings. The summed E-state index contributed by atoms with van der Waals surface area (Å²) >= 11 is 1.13. The topological polar surface area (TPSA) is 79.3 Å². The highest BCUT2D eigenvalue weighted by atomic mass is 32.1. The van der Waals surface area contributed by atoms with Crippen LogP contribution in [0, 0.1) is 12.3 Å². The number of aliphatic carboxylic acids is 1. The Morgan fingerprint density at radius 3 is 2.87 bits per heavy atom. The molecule has 0 aliphatic carbocycles. The molecular formula is C9H6N2O3S. The third-order valence-corrected chi connectivity index (χ3v) is 2.10. The zero-order chi connectivity index (χ0) is 11.3. The summed E-state index contributed by atoms with van der Waals surface area (Å²) in [6.07, 6.45) is 8.20. The van der Waals surface area contributed by atoms with Crippen molar-refractivity contribution in [2.75, 3.05) is 5.32 Å². The number of nitrogens with zero attached hydrogens (tertiary/aromatic N) is 1. The Hall–Kier alpha value is -2.13. The highest BCUT2D eigenvalue weighted by molar-refractivity contribution is 7.16. The summed E-state index contributed by atoms with van der Waals surface area (Å²) in [5.74, 6) is 0.617. The molecular weight excluding hydrogens is 216 g/mol. The quantitative estimate of drug-likeness (QED) is 0.583. The van der Waals surface area contributed by atoms with Gasteiger partial charge in [-0.05, 0) is 0 Å². The third kappa shape index (κ3) is 3.62. The molecule has 0 bridgehead atoms. The molecule has 0 spiro atoms. The average Bonchev–Trinajstić information content (AvgIpc) is 2.62. The van der Waals surface area contributed by atoms with Gasteiger partial charge in [0.25, 0.3) is 0 Å². The predicted octanol–water partition coefficient (Wildman–Crippen LogP) is 0.704. The lowest BCUT2D eigenvalue weighted by atomic mass is 10.5. The highest BCUT2D eigenvalue weighted by Gasteiger charge is 2.02. The lowest BCUT2D eigenvalue weighted by Crippen LogP contribution is -2.08. The largest absolute Gasteiger partial charge is 0.478 e. The minimum atomic E-state index is -1.19. The Bertz CT molecular complexity index is 456. The molecule has 5 nitrogen and oxygen atoms in total. The number of hydrogen-bond acceptors (Lipinski definition) is 4. The van der Waals surface area contributed by atoms with Gasteiger partial charge in [0.1, 0.15) is 0 Å². The Morgan fingerprint density at radius 2 is 2.33 bits per heavy atom. The van der Waals surface area contributed by atoms with Crippen LogP contribution < -0.4 is 5.32 Å². The van der Waals surface area contributed by atoms with Crippen molar-refractivity contribution in [3.63, 3.8) is 0 Å². The number of terminal acetylenes is 1. The maximum absolute atomic E-state index is 11.1. The number of carboxylic acids is 1. The van der Waals surface area contributed by atoms with Crippen molar-refractivity contribution in [1.82, 2.24) is 4.98 Å². The van der Waals surface area contributed by atoms with Gasteiger partial charge in [0.15, 0.2) is 5.13 Å². The molecule has 2 N–H and O–H groups in total. The molecule has 0 saturated heterocycles. The number of amides is 1. The molecule has 0 fully saturated rings. The standard InChI is InChI=1S/C9H6N2O3S/c1-2-6-5-10-9(15-6)11-7(12)3-4-8(13)14/h1,3-5H,(H,13,14)(H,10,11,12). The van der Waals surface area contributed by atoms with Crippen LogP contribution in [-0.4, -0.2) is 22.0 Å². The van der Waals surface area contributed by atoms with E-state index in [4.69, 9.17) is 11.5 Å². The maximum Gasteiger partial charge on any atom is 0.328 e. The van der Waals surface area contributed by atoms with Crippen molar-refractivity contribution in [2.24, 2.45) is 0 Å². The van der Waals surface area contributed by atoms with Crippen LogP contribution in [0.2, 0.25) is 0 Å². The van der Waals surface area contributed by atoms with Crippen molar-refractivity contribution < 1.29 is 14.7 Å². The highest BCUT2D eigenvalue weighted by Crippen LogP contribution is 2.16. The van der Waals surface area contributed by atoms with Crippen molar-refractivity contribution >= 4 is 28.3 Å². The fourth-order valence-corrected chi connectivity index (χ4v) is 1.32. The van der Waals surface area contributed by atoms with Crippen LogP contribution in [0.3, 0.4) is 0 Å². The first-order valence-electron chi connectivity index (χ1n) is 3.76. The molecule has 15 heavy (non-hydrogen) atoms.